The van der Waals surface area contributed by atoms with Crippen LogP contribution in [0.25, 0.3) is 0 Å². The molecule has 2 aliphatic rings. The second-order valence-corrected chi connectivity index (χ2v) is 7.34. The van der Waals surface area contributed by atoms with Gasteiger partial charge >= 0.3 is 6.03 Å². The van der Waals surface area contributed by atoms with E-state index in [-0.39, 0.29) is 11.6 Å². The van der Waals surface area contributed by atoms with Gasteiger partial charge in [-0.25, -0.2) is 4.79 Å². The van der Waals surface area contributed by atoms with Crippen molar-refractivity contribution in [1.82, 2.24) is 9.80 Å². The smallest absolute Gasteiger partial charge is 0.321 e. The maximum Gasteiger partial charge on any atom is 0.321 e. The maximum atomic E-state index is 12.7. The van der Waals surface area contributed by atoms with Crippen LogP contribution in [-0.2, 0) is 0 Å². The lowest BCUT2D eigenvalue weighted by Crippen LogP contribution is -2.57. The van der Waals surface area contributed by atoms with Crippen molar-refractivity contribution in [1.29, 1.82) is 0 Å². The van der Waals surface area contributed by atoms with Gasteiger partial charge in [0.2, 0.25) is 0 Å². The molecule has 0 aliphatic carbocycles. The molecule has 2 fully saturated rings. The average molecular weight is 329 g/mol. The fraction of sp³-hybridized carbons (Fsp3) is 0.650. The highest BCUT2D eigenvalue weighted by Crippen LogP contribution is 2.37. The van der Waals surface area contributed by atoms with E-state index in [9.17, 15) is 4.79 Å². The van der Waals surface area contributed by atoms with Crippen molar-refractivity contribution < 1.29 is 4.79 Å². The summed E-state index contributed by atoms with van der Waals surface area (Å²) < 4.78 is 0. The molecule has 0 bridgehead atoms. The zero-order valence-corrected chi connectivity index (χ0v) is 15.0. The van der Waals surface area contributed by atoms with Crippen molar-refractivity contribution in [3.8, 4) is 0 Å². The third kappa shape index (κ3) is 3.92. The Balaban J connectivity index is 1.61. The third-order valence-corrected chi connectivity index (χ3v) is 5.64. The Morgan fingerprint density at radius 1 is 1.12 bits per heavy atom. The molecule has 1 spiro atoms. The Morgan fingerprint density at radius 2 is 1.88 bits per heavy atom. The number of piperidine rings is 1. The first kappa shape index (κ1) is 17.3. The van der Waals surface area contributed by atoms with Crippen molar-refractivity contribution in [2.75, 3.05) is 31.5 Å². The van der Waals surface area contributed by atoms with E-state index in [0.29, 0.717) is 0 Å². The van der Waals surface area contributed by atoms with E-state index in [1.54, 1.807) is 0 Å². The van der Waals surface area contributed by atoms with Crippen LogP contribution in [-0.4, -0.2) is 47.5 Å². The summed E-state index contributed by atoms with van der Waals surface area (Å²) in [4.78, 5) is 17.4. The van der Waals surface area contributed by atoms with Crippen LogP contribution in [0.5, 0.6) is 0 Å². The number of likely N-dealkylation sites (tertiary alicyclic amines) is 2. The van der Waals surface area contributed by atoms with Gasteiger partial charge in [-0.15, -0.1) is 0 Å². The van der Waals surface area contributed by atoms with Crippen LogP contribution in [0.4, 0.5) is 10.5 Å². The fourth-order valence-electron chi connectivity index (χ4n) is 4.37. The summed E-state index contributed by atoms with van der Waals surface area (Å²) >= 11 is 0. The molecule has 2 amide bonds. The van der Waals surface area contributed by atoms with Crippen molar-refractivity contribution in [2.24, 2.45) is 0 Å². The first-order valence-electron chi connectivity index (χ1n) is 9.59. The summed E-state index contributed by atoms with van der Waals surface area (Å²) in [5.41, 5.74) is 1.12. The average Bonchev–Trinajstić information content (AvgIpc) is 2.98. The Morgan fingerprint density at radius 3 is 2.62 bits per heavy atom. The van der Waals surface area contributed by atoms with Crippen molar-refractivity contribution in [2.45, 2.75) is 57.4 Å². The van der Waals surface area contributed by atoms with Crippen LogP contribution in [0.3, 0.4) is 0 Å². The normalized spacial score (nSPS) is 24.5. The molecule has 3 rings (SSSR count). The predicted molar refractivity (Wildman–Crippen MR) is 99.3 cm³/mol. The highest BCUT2D eigenvalue weighted by atomic mass is 16.2. The second-order valence-electron chi connectivity index (χ2n) is 7.34. The SMILES string of the molecule is CCCCCN1CCC[C@]12CCCN(C(=O)Nc1ccccc1)C2. The van der Waals surface area contributed by atoms with Gasteiger partial charge in [-0.3, -0.25) is 4.90 Å². The summed E-state index contributed by atoms with van der Waals surface area (Å²) in [5.74, 6) is 0. The van der Waals surface area contributed by atoms with Gasteiger partial charge in [0.1, 0.15) is 0 Å². The predicted octanol–water partition coefficient (Wildman–Crippen LogP) is 4.34. The summed E-state index contributed by atoms with van der Waals surface area (Å²) in [7, 11) is 0. The second kappa shape index (κ2) is 8.02. The third-order valence-electron chi connectivity index (χ3n) is 5.64. The van der Waals surface area contributed by atoms with E-state index in [2.05, 4.69) is 17.1 Å². The number of rotatable bonds is 5. The molecule has 2 saturated heterocycles. The van der Waals surface area contributed by atoms with Crippen LogP contribution in [0.1, 0.15) is 51.9 Å². The number of hydrogen-bond acceptors (Lipinski definition) is 2. The molecule has 132 valence electrons. The van der Waals surface area contributed by atoms with Crippen molar-refractivity contribution in [3.05, 3.63) is 30.3 Å². The largest absolute Gasteiger partial charge is 0.323 e. The van der Waals surface area contributed by atoms with Gasteiger partial charge < -0.3 is 10.2 Å². The van der Waals surface area contributed by atoms with E-state index in [1.165, 1.54) is 51.6 Å². The van der Waals surface area contributed by atoms with Crippen LogP contribution < -0.4 is 5.32 Å². The summed E-state index contributed by atoms with van der Waals surface area (Å²) in [6.07, 6.45) is 8.75. The molecule has 0 aromatic heterocycles. The lowest BCUT2D eigenvalue weighted by Gasteiger charge is -2.46. The molecule has 2 heterocycles. The molecule has 4 nitrogen and oxygen atoms in total. The van der Waals surface area contributed by atoms with E-state index in [4.69, 9.17) is 0 Å². The Bertz CT molecular complexity index is 533. The Labute approximate surface area is 146 Å². The van der Waals surface area contributed by atoms with Gasteiger partial charge in [0.05, 0.1) is 0 Å². The number of nitrogens with one attached hydrogen (secondary N) is 1. The quantitative estimate of drug-likeness (QED) is 0.816. The van der Waals surface area contributed by atoms with Crippen molar-refractivity contribution >= 4 is 11.7 Å². The number of urea groups is 1. The highest BCUT2D eigenvalue weighted by molar-refractivity contribution is 5.89. The standard InChI is InChI=1S/C20H31N3O/c1-2-3-7-15-23-16-9-13-20(23)12-8-14-22(17-20)19(24)21-18-10-5-4-6-11-18/h4-6,10-11H,2-3,7-9,12-17H2,1H3,(H,21,24)/t20-/m0/s1. The number of nitrogens with zero attached hydrogens (tertiary/aromatic N) is 2. The van der Waals surface area contributed by atoms with Gasteiger partial charge in [-0.05, 0) is 57.3 Å². The van der Waals surface area contributed by atoms with Gasteiger partial charge in [-0.1, -0.05) is 38.0 Å². The Hall–Kier alpha value is -1.55. The van der Waals surface area contributed by atoms with Gasteiger partial charge in [0.15, 0.2) is 0 Å². The number of amides is 2. The van der Waals surface area contributed by atoms with E-state index in [1.807, 2.05) is 35.2 Å². The number of carbonyl (C=O) groups excluding carboxylic acids is 1. The first-order chi connectivity index (χ1) is 11.7. The molecule has 0 saturated carbocycles. The number of unbranched alkanes of at least 4 members (excludes halogenated alkanes) is 2. The Kier molecular flexibility index (Phi) is 5.77. The first-order valence-corrected chi connectivity index (χ1v) is 9.59. The molecule has 1 aromatic rings. The van der Waals surface area contributed by atoms with Crippen LogP contribution in [0, 0.1) is 0 Å². The van der Waals surface area contributed by atoms with Gasteiger partial charge in [-0.2, -0.15) is 0 Å². The number of para-hydroxylation sites is 1. The van der Waals surface area contributed by atoms with Gasteiger partial charge in [0, 0.05) is 24.3 Å². The number of anilines is 1. The summed E-state index contributed by atoms with van der Waals surface area (Å²) in [6, 6.07) is 9.84. The zero-order chi connectivity index (χ0) is 16.8. The zero-order valence-electron chi connectivity index (χ0n) is 15.0. The molecule has 1 N–H and O–H groups in total. The van der Waals surface area contributed by atoms with E-state index >= 15 is 0 Å². The number of hydrogen-bond donors (Lipinski definition) is 1. The van der Waals surface area contributed by atoms with E-state index < -0.39 is 0 Å². The van der Waals surface area contributed by atoms with Crippen LogP contribution in [0.2, 0.25) is 0 Å². The molecule has 1 atom stereocenters. The minimum absolute atomic E-state index is 0.0562. The molecule has 4 heteroatoms. The molecular weight excluding hydrogens is 298 g/mol. The lowest BCUT2D eigenvalue weighted by atomic mass is 9.86. The van der Waals surface area contributed by atoms with Crippen LogP contribution >= 0.6 is 0 Å². The molecule has 2 aliphatic heterocycles. The molecule has 24 heavy (non-hydrogen) atoms. The molecule has 0 radical (unpaired) electrons. The minimum Gasteiger partial charge on any atom is -0.323 e. The minimum atomic E-state index is 0.0562. The summed E-state index contributed by atoms with van der Waals surface area (Å²) in [6.45, 7) is 6.43. The maximum absolute atomic E-state index is 12.7. The number of carbonyl (C=O) groups is 1. The van der Waals surface area contributed by atoms with Crippen molar-refractivity contribution in [3.63, 3.8) is 0 Å². The highest BCUT2D eigenvalue weighted by Gasteiger charge is 2.44. The fourth-order valence-corrected chi connectivity index (χ4v) is 4.37. The van der Waals surface area contributed by atoms with E-state index in [0.717, 1.165) is 25.2 Å². The summed E-state index contributed by atoms with van der Waals surface area (Å²) in [5, 5.41) is 3.05. The lowest BCUT2D eigenvalue weighted by molar-refractivity contribution is 0.0576. The molecule has 1 aromatic carbocycles. The monoisotopic (exact) mass is 329 g/mol. The topological polar surface area (TPSA) is 35.6 Å². The molecule has 0 unspecified atom stereocenters. The van der Waals surface area contributed by atoms with Crippen LogP contribution in [0.15, 0.2) is 30.3 Å². The van der Waals surface area contributed by atoms with Gasteiger partial charge in [0.25, 0.3) is 0 Å². The molecular formula is C20H31N3O. The number of benzene rings is 1.